The summed E-state index contributed by atoms with van der Waals surface area (Å²) in [7, 11) is 0. The van der Waals surface area contributed by atoms with Gasteiger partial charge in [-0.25, -0.2) is 0 Å². The lowest BCUT2D eigenvalue weighted by Gasteiger charge is -2.15. The summed E-state index contributed by atoms with van der Waals surface area (Å²) in [4.78, 5) is 10.6. The Labute approximate surface area is 207 Å². The maximum absolute atomic E-state index is 11.0. The minimum atomic E-state index is -0.453. The van der Waals surface area contributed by atoms with Gasteiger partial charge < -0.3 is 9.47 Å². The molecule has 0 bridgehead atoms. The van der Waals surface area contributed by atoms with Gasteiger partial charge in [-0.1, -0.05) is 60.1 Å². The molecule has 0 heterocycles. The lowest BCUT2D eigenvalue weighted by molar-refractivity contribution is -0.384. The molecule has 0 unspecified atom stereocenters. The monoisotopic (exact) mass is 484 g/mol. The Morgan fingerprint density at radius 3 is 2.57 bits per heavy atom. The smallest absolute Gasteiger partial charge is 0.269 e. The normalized spacial score (nSPS) is 11.2. The summed E-state index contributed by atoms with van der Waals surface area (Å²) in [5, 5.41) is 23.3. The van der Waals surface area contributed by atoms with Gasteiger partial charge in [0.1, 0.15) is 6.61 Å². The zero-order valence-corrected chi connectivity index (χ0v) is 19.7. The number of hydrogen-bond donors (Lipinski definition) is 0. The van der Waals surface area contributed by atoms with Crippen molar-refractivity contribution < 1.29 is 14.4 Å². The molecule has 0 N–H and O–H groups in total. The number of nitro benzene ring substituents is 1. The molecule has 35 heavy (non-hydrogen) atoms. The van der Waals surface area contributed by atoms with E-state index in [1.807, 2.05) is 49.4 Å². The summed E-state index contributed by atoms with van der Waals surface area (Å²) in [6.45, 7) is 2.31. The Morgan fingerprint density at radius 2 is 1.83 bits per heavy atom. The molecule has 0 atom stereocenters. The van der Waals surface area contributed by atoms with E-state index in [9.17, 15) is 15.4 Å². The van der Waals surface area contributed by atoms with Crippen LogP contribution in [0.4, 0.5) is 5.69 Å². The van der Waals surface area contributed by atoms with Gasteiger partial charge in [-0.05, 0) is 58.7 Å². The summed E-state index contributed by atoms with van der Waals surface area (Å²) >= 11 is 6.54. The third kappa shape index (κ3) is 5.60. The molecule has 0 aliphatic carbocycles. The summed E-state index contributed by atoms with van der Waals surface area (Å²) in [5.41, 5.74) is 2.59. The van der Waals surface area contributed by atoms with E-state index in [2.05, 4.69) is 6.07 Å². The first kappa shape index (κ1) is 23.8. The van der Waals surface area contributed by atoms with Crippen molar-refractivity contribution in [3.05, 3.63) is 111 Å². The minimum Gasteiger partial charge on any atom is -0.490 e. The standard InChI is InChI=1S/C28H21ClN2O4/c1-2-34-27-15-20(12-24(17-30)23-11-10-21-7-3-4-8-22(21)16-23)14-26(29)28(27)35-18-19-6-5-9-25(13-19)31(32)33/h3-16H,2,18H2,1H3/b24-12-. The van der Waals surface area contributed by atoms with Crippen LogP contribution in [0.2, 0.25) is 5.02 Å². The number of rotatable bonds is 8. The highest BCUT2D eigenvalue weighted by atomic mass is 35.5. The van der Waals surface area contributed by atoms with E-state index in [0.717, 1.165) is 16.3 Å². The molecular formula is C28H21ClN2O4. The van der Waals surface area contributed by atoms with E-state index < -0.39 is 4.92 Å². The number of fused-ring (bicyclic) bond motifs is 1. The van der Waals surface area contributed by atoms with Crippen molar-refractivity contribution in [2.24, 2.45) is 0 Å². The molecule has 0 saturated carbocycles. The van der Waals surface area contributed by atoms with Crippen molar-refractivity contribution in [3.8, 4) is 17.6 Å². The zero-order chi connectivity index (χ0) is 24.8. The Bertz CT molecular complexity index is 1470. The van der Waals surface area contributed by atoms with Gasteiger partial charge in [0.15, 0.2) is 11.5 Å². The van der Waals surface area contributed by atoms with Gasteiger partial charge in [-0.3, -0.25) is 10.1 Å². The molecular weight excluding hydrogens is 464 g/mol. The van der Waals surface area contributed by atoms with Gasteiger partial charge in [-0.15, -0.1) is 0 Å². The first-order valence-corrected chi connectivity index (χ1v) is 11.3. The van der Waals surface area contributed by atoms with Crippen molar-refractivity contribution in [2.75, 3.05) is 6.61 Å². The summed E-state index contributed by atoms with van der Waals surface area (Å²) < 4.78 is 11.7. The van der Waals surface area contributed by atoms with Gasteiger partial charge in [-0.2, -0.15) is 5.26 Å². The van der Waals surface area contributed by atoms with Crippen LogP contribution in [-0.2, 0) is 6.61 Å². The van der Waals surface area contributed by atoms with Gasteiger partial charge in [0.2, 0.25) is 0 Å². The van der Waals surface area contributed by atoms with E-state index in [1.54, 1.807) is 30.3 Å². The van der Waals surface area contributed by atoms with E-state index in [0.29, 0.717) is 39.8 Å². The molecule has 0 fully saturated rings. The largest absolute Gasteiger partial charge is 0.490 e. The SMILES string of the molecule is CCOc1cc(/C=C(/C#N)c2ccc3ccccc3c2)cc(Cl)c1OCc1cccc([N+](=O)[O-])c1. The molecule has 0 spiro atoms. The van der Waals surface area contributed by atoms with Crippen molar-refractivity contribution >= 4 is 39.7 Å². The summed E-state index contributed by atoms with van der Waals surface area (Å²) in [6.07, 6.45) is 1.75. The number of allylic oxidation sites excluding steroid dienone is 1. The molecule has 0 aliphatic heterocycles. The quantitative estimate of drug-likeness (QED) is 0.112. The molecule has 4 rings (SSSR count). The van der Waals surface area contributed by atoms with E-state index in [1.165, 1.54) is 12.1 Å². The second-order valence-electron chi connectivity index (χ2n) is 7.71. The number of nitriles is 1. The van der Waals surface area contributed by atoms with Crippen molar-refractivity contribution in [3.63, 3.8) is 0 Å². The van der Waals surface area contributed by atoms with Crippen LogP contribution in [0.15, 0.2) is 78.9 Å². The Hall–Kier alpha value is -4.34. The van der Waals surface area contributed by atoms with Crippen LogP contribution in [0.3, 0.4) is 0 Å². The second kappa shape index (κ2) is 10.7. The number of nitro groups is 1. The third-order valence-corrected chi connectivity index (χ3v) is 5.61. The number of non-ortho nitro benzene ring substituents is 1. The van der Waals surface area contributed by atoms with Gasteiger partial charge in [0.05, 0.1) is 28.2 Å². The van der Waals surface area contributed by atoms with Crippen molar-refractivity contribution in [1.82, 2.24) is 0 Å². The number of halogens is 1. The molecule has 174 valence electrons. The molecule has 6 nitrogen and oxygen atoms in total. The molecule has 7 heteroatoms. The fourth-order valence-corrected chi connectivity index (χ4v) is 3.97. The van der Waals surface area contributed by atoms with Crippen molar-refractivity contribution in [2.45, 2.75) is 13.5 Å². The predicted molar refractivity (Wildman–Crippen MR) is 137 cm³/mol. The lowest BCUT2D eigenvalue weighted by Crippen LogP contribution is -2.01. The van der Waals surface area contributed by atoms with Crippen LogP contribution in [0.5, 0.6) is 11.5 Å². The molecule has 0 aliphatic rings. The van der Waals surface area contributed by atoms with Gasteiger partial charge in [0, 0.05) is 12.1 Å². The predicted octanol–water partition coefficient (Wildman–Crippen LogP) is 7.44. The lowest BCUT2D eigenvalue weighted by atomic mass is 10.00. The minimum absolute atomic E-state index is 0.0135. The van der Waals surface area contributed by atoms with E-state index in [4.69, 9.17) is 21.1 Å². The van der Waals surface area contributed by atoms with Crippen LogP contribution < -0.4 is 9.47 Å². The average Bonchev–Trinajstić information content (AvgIpc) is 2.87. The van der Waals surface area contributed by atoms with Crippen LogP contribution >= 0.6 is 11.6 Å². The summed E-state index contributed by atoms with van der Waals surface area (Å²) in [6, 6.07) is 25.8. The molecule has 4 aromatic rings. The average molecular weight is 485 g/mol. The van der Waals surface area contributed by atoms with Crippen LogP contribution in [0, 0.1) is 21.4 Å². The highest BCUT2D eigenvalue weighted by Crippen LogP contribution is 2.38. The third-order valence-electron chi connectivity index (χ3n) is 5.33. The second-order valence-corrected chi connectivity index (χ2v) is 8.12. The topological polar surface area (TPSA) is 85.4 Å². The molecule has 0 amide bonds. The summed E-state index contributed by atoms with van der Waals surface area (Å²) in [5.74, 6) is 0.758. The van der Waals surface area contributed by atoms with Crippen molar-refractivity contribution in [1.29, 1.82) is 5.26 Å². The fourth-order valence-electron chi connectivity index (χ4n) is 3.69. The number of hydrogen-bond acceptors (Lipinski definition) is 5. The number of benzene rings is 4. The molecule has 4 aromatic carbocycles. The zero-order valence-electron chi connectivity index (χ0n) is 18.9. The highest BCUT2D eigenvalue weighted by molar-refractivity contribution is 6.32. The van der Waals surface area contributed by atoms with Crippen LogP contribution in [-0.4, -0.2) is 11.5 Å². The maximum atomic E-state index is 11.0. The molecule has 0 radical (unpaired) electrons. The molecule has 0 saturated heterocycles. The fraction of sp³-hybridized carbons (Fsp3) is 0.107. The Kier molecular flexibility index (Phi) is 7.30. The van der Waals surface area contributed by atoms with Gasteiger partial charge in [0.25, 0.3) is 5.69 Å². The number of nitrogens with zero attached hydrogens (tertiary/aromatic N) is 2. The van der Waals surface area contributed by atoms with Gasteiger partial charge >= 0.3 is 0 Å². The van der Waals surface area contributed by atoms with Crippen LogP contribution in [0.25, 0.3) is 22.4 Å². The number of ether oxygens (including phenoxy) is 2. The van der Waals surface area contributed by atoms with E-state index in [-0.39, 0.29) is 12.3 Å². The maximum Gasteiger partial charge on any atom is 0.269 e. The first-order chi connectivity index (χ1) is 17.0. The highest BCUT2D eigenvalue weighted by Gasteiger charge is 2.14. The Morgan fingerprint density at radius 1 is 1.03 bits per heavy atom. The Balaban J connectivity index is 1.64. The van der Waals surface area contributed by atoms with Crippen LogP contribution in [0.1, 0.15) is 23.6 Å². The first-order valence-electron chi connectivity index (χ1n) is 10.9. The molecule has 0 aromatic heterocycles. The van der Waals surface area contributed by atoms with E-state index >= 15 is 0 Å².